The molecule has 0 amide bonds. The molecule has 1 aliphatic rings. The van der Waals surface area contributed by atoms with Crippen LogP contribution in [0.5, 0.6) is 11.8 Å². The molecule has 0 bridgehead atoms. The molecule has 3 aromatic rings. The van der Waals surface area contributed by atoms with Crippen LogP contribution in [-0.4, -0.2) is 33.9 Å². The van der Waals surface area contributed by atoms with Gasteiger partial charge >= 0.3 is 12.2 Å². The minimum atomic E-state index is -4.41. The van der Waals surface area contributed by atoms with Crippen LogP contribution in [0.1, 0.15) is 12.8 Å². The Morgan fingerprint density at radius 2 is 1.89 bits per heavy atom. The number of aromatic nitrogens is 3. The lowest BCUT2D eigenvalue weighted by Gasteiger charge is -2.14. The number of fused-ring (bicyclic) bond motifs is 1. The lowest BCUT2D eigenvalue weighted by atomic mass is 10.3. The number of rotatable bonds is 6. The second-order valence-electron chi connectivity index (χ2n) is 6.43. The normalized spacial score (nSPS) is 14.5. The van der Waals surface area contributed by atoms with Crippen molar-refractivity contribution in [3.05, 3.63) is 46.9 Å². The Hall–Kier alpha value is -2.97. The Bertz CT molecular complexity index is 1000. The maximum Gasteiger partial charge on any atom is 0.422 e. The van der Waals surface area contributed by atoms with Crippen molar-refractivity contribution < 1.29 is 22.6 Å². The topological polar surface area (TPSA) is 69.1 Å². The number of H-pyrrole nitrogens is 1. The molecule has 2 heterocycles. The van der Waals surface area contributed by atoms with Gasteiger partial charge in [-0.15, -0.1) is 0 Å². The first-order chi connectivity index (χ1) is 12.9. The number of hydrogen-bond donors (Lipinski definition) is 1. The summed E-state index contributed by atoms with van der Waals surface area (Å²) in [7, 11) is 0. The van der Waals surface area contributed by atoms with Gasteiger partial charge in [-0.05, 0) is 49.1 Å². The van der Waals surface area contributed by atoms with Crippen LogP contribution in [0.15, 0.2) is 41.3 Å². The second-order valence-corrected chi connectivity index (χ2v) is 6.43. The predicted molar refractivity (Wildman–Crippen MR) is 91.5 cm³/mol. The average Bonchev–Trinajstić information content (AvgIpc) is 3.34. The van der Waals surface area contributed by atoms with Crippen molar-refractivity contribution >= 4 is 11.0 Å². The van der Waals surface area contributed by atoms with Crippen molar-refractivity contribution in [2.24, 2.45) is 5.92 Å². The van der Waals surface area contributed by atoms with Crippen molar-refractivity contribution in [2.45, 2.75) is 19.0 Å². The van der Waals surface area contributed by atoms with Crippen molar-refractivity contribution in [3.8, 4) is 17.4 Å². The Morgan fingerprint density at radius 1 is 1.15 bits per heavy atom. The molecule has 0 aliphatic heterocycles. The van der Waals surface area contributed by atoms with Crippen LogP contribution in [0.2, 0.25) is 0 Å². The molecule has 1 fully saturated rings. The summed E-state index contributed by atoms with van der Waals surface area (Å²) in [6.07, 6.45) is -0.634. The van der Waals surface area contributed by atoms with Gasteiger partial charge < -0.3 is 14.5 Å². The van der Waals surface area contributed by atoms with E-state index in [0.717, 1.165) is 12.8 Å². The monoisotopic (exact) mass is 379 g/mol. The molecule has 0 unspecified atom stereocenters. The van der Waals surface area contributed by atoms with E-state index in [0.29, 0.717) is 29.2 Å². The number of aromatic amines is 1. The zero-order valence-electron chi connectivity index (χ0n) is 14.1. The number of alkyl halides is 3. The minimum absolute atomic E-state index is 0.0558. The summed E-state index contributed by atoms with van der Waals surface area (Å²) in [5, 5.41) is 0.395. The Balaban J connectivity index is 1.67. The van der Waals surface area contributed by atoms with Gasteiger partial charge in [0, 0.05) is 6.20 Å². The van der Waals surface area contributed by atoms with Gasteiger partial charge in [0.2, 0.25) is 0 Å². The molecule has 1 aromatic carbocycles. The molecule has 0 atom stereocenters. The van der Waals surface area contributed by atoms with E-state index in [4.69, 9.17) is 9.47 Å². The predicted octanol–water partition coefficient (Wildman–Crippen LogP) is 3.44. The molecule has 0 radical (unpaired) electrons. The van der Waals surface area contributed by atoms with Gasteiger partial charge in [-0.3, -0.25) is 4.79 Å². The molecule has 6 nitrogen and oxygen atoms in total. The maximum absolute atomic E-state index is 12.9. The number of nitrogens with one attached hydrogen (secondary N) is 1. The van der Waals surface area contributed by atoms with Crippen LogP contribution >= 0.6 is 0 Å². The number of benzene rings is 1. The van der Waals surface area contributed by atoms with Crippen molar-refractivity contribution in [2.75, 3.05) is 13.2 Å². The van der Waals surface area contributed by atoms with E-state index in [2.05, 4.69) is 9.97 Å². The second kappa shape index (κ2) is 6.64. The maximum atomic E-state index is 12.9. The highest BCUT2D eigenvalue weighted by atomic mass is 19.4. The standard InChI is InChI=1S/C18H16F3N3O3/c19-18(20,21)10-27-13-5-3-12(4-6-13)24-16(25)14-7-8-22-15(14)23-17(24)26-9-11-1-2-11/h3-8,11,22H,1-2,9-10H2. The quantitative estimate of drug-likeness (QED) is 0.712. The van der Waals surface area contributed by atoms with Crippen molar-refractivity contribution in [1.82, 2.24) is 14.5 Å². The van der Waals surface area contributed by atoms with Gasteiger partial charge in [0.15, 0.2) is 6.61 Å². The van der Waals surface area contributed by atoms with Gasteiger partial charge in [-0.25, -0.2) is 4.57 Å². The molecule has 4 rings (SSSR count). The highest BCUT2D eigenvalue weighted by Gasteiger charge is 2.28. The fourth-order valence-corrected chi connectivity index (χ4v) is 2.64. The third-order valence-electron chi connectivity index (χ3n) is 4.20. The van der Waals surface area contributed by atoms with Gasteiger partial charge in [0.05, 0.1) is 17.7 Å². The van der Waals surface area contributed by atoms with Crippen LogP contribution < -0.4 is 15.0 Å². The number of halogens is 3. The van der Waals surface area contributed by atoms with Crippen LogP contribution in [0.3, 0.4) is 0 Å². The summed E-state index contributed by atoms with van der Waals surface area (Å²) in [6, 6.07) is 7.51. The van der Waals surface area contributed by atoms with Crippen LogP contribution in [0.4, 0.5) is 13.2 Å². The third kappa shape index (κ3) is 3.91. The molecule has 9 heteroatoms. The molecular formula is C18H16F3N3O3. The van der Waals surface area contributed by atoms with Gasteiger partial charge in [0.25, 0.3) is 5.56 Å². The number of ether oxygens (including phenoxy) is 2. The fourth-order valence-electron chi connectivity index (χ4n) is 2.64. The van der Waals surface area contributed by atoms with E-state index < -0.39 is 12.8 Å². The lowest BCUT2D eigenvalue weighted by Crippen LogP contribution is -2.22. The molecule has 1 saturated carbocycles. The first kappa shape index (κ1) is 17.4. The summed E-state index contributed by atoms with van der Waals surface area (Å²) < 4.78 is 48.6. The summed E-state index contributed by atoms with van der Waals surface area (Å²) in [6.45, 7) is -0.912. The number of hydrogen-bond acceptors (Lipinski definition) is 4. The third-order valence-corrected chi connectivity index (χ3v) is 4.20. The highest BCUT2D eigenvalue weighted by molar-refractivity contribution is 5.75. The SMILES string of the molecule is O=c1c2cc[nH]c2nc(OCC2CC2)n1-c1ccc(OCC(F)(F)F)cc1. The van der Waals surface area contributed by atoms with E-state index in [1.54, 1.807) is 12.3 Å². The van der Waals surface area contributed by atoms with Gasteiger partial charge in [0.1, 0.15) is 11.4 Å². The van der Waals surface area contributed by atoms with Crippen molar-refractivity contribution in [3.63, 3.8) is 0 Å². The summed E-state index contributed by atoms with van der Waals surface area (Å²) in [5.41, 5.74) is 0.531. The van der Waals surface area contributed by atoms with Gasteiger partial charge in [-0.2, -0.15) is 18.2 Å². The summed E-state index contributed by atoms with van der Waals surface area (Å²) in [4.78, 5) is 20.1. The molecule has 0 saturated heterocycles. The Morgan fingerprint density at radius 3 is 2.56 bits per heavy atom. The van der Waals surface area contributed by atoms with Crippen molar-refractivity contribution in [1.29, 1.82) is 0 Å². The molecule has 1 N–H and O–H groups in total. The smallest absolute Gasteiger partial charge is 0.422 e. The lowest BCUT2D eigenvalue weighted by molar-refractivity contribution is -0.153. The van der Waals surface area contributed by atoms with E-state index in [1.165, 1.54) is 28.8 Å². The van der Waals surface area contributed by atoms with E-state index >= 15 is 0 Å². The van der Waals surface area contributed by atoms with E-state index in [-0.39, 0.29) is 17.3 Å². The molecular weight excluding hydrogens is 363 g/mol. The summed E-state index contributed by atoms with van der Waals surface area (Å²) >= 11 is 0. The molecule has 0 spiro atoms. The average molecular weight is 379 g/mol. The van der Waals surface area contributed by atoms with Crippen LogP contribution in [0.25, 0.3) is 16.7 Å². The Kier molecular flexibility index (Phi) is 4.29. The van der Waals surface area contributed by atoms with Crippen LogP contribution in [-0.2, 0) is 0 Å². The summed E-state index contributed by atoms with van der Waals surface area (Å²) in [5.74, 6) is 0.521. The molecule has 27 heavy (non-hydrogen) atoms. The first-order valence-electron chi connectivity index (χ1n) is 8.44. The molecule has 2 aromatic heterocycles. The molecule has 1 aliphatic carbocycles. The van der Waals surface area contributed by atoms with Crippen LogP contribution in [0, 0.1) is 5.92 Å². The molecule has 142 valence electrons. The fraction of sp³-hybridized carbons (Fsp3) is 0.333. The zero-order valence-corrected chi connectivity index (χ0v) is 14.1. The van der Waals surface area contributed by atoms with E-state index in [9.17, 15) is 18.0 Å². The zero-order chi connectivity index (χ0) is 19.0. The first-order valence-corrected chi connectivity index (χ1v) is 8.44. The largest absolute Gasteiger partial charge is 0.484 e. The minimum Gasteiger partial charge on any atom is -0.484 e. The van der Waals surface area contributed by atoms with E-state index in [1.807, 2.05) is 0 Å². The highest BCUT2D eigenvalue weighted by Crippen LogP contribution is 2.30. The van der Waals surface area contributed by atoms with Gasteiger partial charge in [-0.1, -0.05) is 0 Å². The number of nitrogens with zero attached hydrogens (tertiary/aromatic N) is 2. The Labute approximate surface area is 151 Å².